The van der Waals surface area contributed by atoms with Gasteiger partial charge in [-0.25, -0.2) is 0 Å². The molecule has 0 saturated carbocycles. The van der Waals surface area contributed by atoms with Crippen molar-refractivity contribution in [3.05, 3.63) is 33.3 Å². The zero-order chi connectivity index (χ0) is 13.4. The van der Waals surface area contributed by atoms with Crippen LogP contribution in [-0.4, -0.2) is 30.6 Å². The molecule has 2 saturated heterocycles. The molecule has 0 spiro atoms. The Labute approximate surface area is 128 Å². The Hall–Kier alpha value is -0.0900. The summed E-state index contributed by atoms with van der Waals surface area (Å²) in [5.41, 5.74) is 1.24. The van der Waals surface area contributed by atoms with Gasteiger partial charge in [-0.3, -0.25) is 4.90 Å². The van der Waals surface area contributed by atoms with E-state index in [4.69, 9.17) is 11.6 Å². The Morgan fingerprint density at radius 1 is 1.42 bits per heavy atom. The largest absolute Gasteiger partial charge is 0.316 e. The summed E-state index contributed by atoms with van der Waals surface area (Å²) in [4.78, 5) is 2.63. The van der Waals surface area contributed by atoms with Gasteiger partial charge >= 0.3 is 0 Å². The third-order valence-electron chi connectivity index (χ3n) is 4.62. The highest BCUT2D eigenvalue weighted by molar-refractivity contribution is 9.10. The minimum atomic E-state index is 0.704. The van der Waals surface area contributed by atoms with E-state index in [0.717, 1.165) is 27.9 Å². The number of hydrogen-bond donors (Lipinski definition) is 1. The van der Waals surface area contributed by atoms with Crippen LogP contribution in [0, 0.1) is 11.8 Å². The lowest BCUT2D eigenvalue weighted by atomic mass is 9.93. The molecule has 2 fully saturated rings. The van der Waals surface area contributed by atoms with E-state index >= 15 is 0 Å². The Morgan fingerprint density at radius 3 is 3.05 bits per heavy atom. The molecule has 1 aromatic rings. The standard InChI is InChI=1S/C15H20BrClN2/c1-2-15-13-7-18-6-11(13)9-19(15)8-10-5-12(16)3-4-14(10)17/h3-5,11,13,15,18H,2,6-9H2,1H3. The van der Waals surface area contributed by atoms with Gasteiger partial charge in [0.15, 0.2) is 0 Å². The average molecular weight is 344 g/mol. The summed E-state index contributed by atoms with van der Waals surface area (Å²) in [5, 5.41) is 4.42. The molecule has 0 aliphatic carbocycles. The van der Waals surface area contributed by atoms with Gasteiger partial charge in [-0.1, -0.05) is 34.5 Å². The monoisotopic (exact) mass is 342 g/mol. The van der Waals surface area contributed by atoms with E-state index < -0.39 is 0 Å². The van der Waals surface area contributed by atoms with Crippen molar-refractivity contribution in [2.24, 2.45) is 11.8 Å². The molecule has 1 aromatic carbocycles. The topological polar surface area (TPSA) is 15.3 Å². The second-order valence-corrected chi connectivity index (χ2v) is 7.05. The third-order valence-corrected chi connectivity index (χ3v) is 5.49. The van der Waals surface area contributed by atoms with Gasteiger partial charge in [0, 0.05) is 28.6 Å². The molecule has 104 valence electrons. The van der Waals surface area contributed by atoms with Crippen molar-refractivity contribution in [2.45, 2.75) is 25.9 Å². The number of benzene rings is 1. The van der Waals surface area contributed by atoms with Gasteiger partial charge in [0.2, 0.25) is 0 Å². The molecular weight excluding hydrogens is 324 g/mol. The number of nitrogens with one attached hydrogen (secondary N) is 1. The average Bonchev–Trinajstić information content (AvgIpc) is 2.94. The Morgan fingerprint density at radius 2 is 2.26 bits per heavy atom. The Bertz CT molecular complexity index is 465. The maximum Gasteiger partial charge on any atom is 0.0451 e. The predicted octanol–water partition coefficient (Wildman–Crippen LogP) is 3.53. The zero-order valence-corrected chi connectivity index (χ0v) is 13.5. The first-order valence-corrected chi connectivity index (χ1v) is 8.25. The fourth-order valence-electron chi connectivity index (χ4n) is 3.74. The molecule has 2 aliphatic heterocycles. The van der Waals surface area contributed by atoms with Gasteiger partial charge in [0.05, 0.1) is 0 Å². The normalized spacial score (nSPS) is 30.8. The number of halogens is 2. The first-order valence-electron chi connectivity index (χ1n) is 7.07. The van der Waals surface area contributed by atoms with Crippen LogP contribution in [0.3, 0.4) is 0 Å². The van der Waals surface area contributed by atoms with Crippen LogP contribution in [0.5, 0.6) is 0 Å². The summed E-state index contributed by atoms with van der Waals surface area (Å²) >= 11 is 9.87. The first-order chi connectivity index (χ1) is 9.19. The quantitative estimate of drug-likeness (QED) is 0.903. The molecule has 2 aliphatic rings. The van der Waals surface area contributed by atoms with E-state index in [0.29, 0.717) is 6.04 Å². The predicted molar refractivity (Wildman–Crippen MR) is 83.5 cm³/mol. The summed E-state index contributed by atoms with van der Waals surface area (Å²) in [7, 11) is 0. The van der Waals surface area contributed by atoms with Crippen LogP contribution in [0.25, 0.3) is 0 Å². The van der Waals surface area contributed by atoms with Crippen LogP contribution < -0.4 is 5.32 Å². The molecule has 1 N–H and O–H groups in total. The second kappa shape index (κ2) is 5.72. The summed E-state index contributed by atoms with van der Waals surface area (Å²) in [6, 6.07) is 6.85. The van der Waals surface area contributed by atoms with Crippen LogP contribution in [-0.2, 0) is 6.54 Å². The molecule has 0 aromatic heterocycles. The van der Waals surface area contributed by atoms with E-state index in [-0.39, 0.29) is 0 Å². The smallest absolute Gasteiger partial charge is 0.0451 e. The maximum absolute atomic E-state index is 6.33. The minimum Gasteiger partial charge on any atom is -0.316 e. The highest BCUT2D eigenvalue weighted by atomic mass is 79.9. The molecule has 4 heteroatoms. The molecule has 19 heavy (non-hydrogen) atoms. The summed E-state index contributed by atoms with van der Waals surface area (Å²) in [5.74, 6) is 1.66. The molecular formula is C15H20BrClN2. The van der Waals surface area contributed by atoms with E-state index in [1.165, 1.54) is 31.6 Å². The van der Waals surface area contributed by atoms with Crippen LogP contribution in [0.1, 0.15) is 18.9 Å². The lowest BCUT2D eigenvalue weighted by Gasteiger charge is -2.27. The first kappa shape index (κ1) is 13.9. The molecule has 3 atom stereocenters. The highest BCUT2D eigenvalue weighted by Gasteiger charge is 2.42. The van der Waals surface area contributed by atoms with Crippen LogP contribution >= 0.6 is 27.5 Å². The molecule has 3 rings (SSSR count). The van der Waals surface area contributed by atoms with Gasteiger partial charge in [0.25, 0.3) is 0 Å². The summed E-state index contributed by atoms with van der Waals surface area (Å²) in [6.07, 6.45) is 1.23. The van der Waals surface area contributed by atoms with Gasteiger partial charge < -0.3 is 5.32 Å². The number of rotatable bonds is 3. The molecule has 0 amide bonds. The molecule has 3 unspecified atom stereocenters. The SMILES string of the molecule is CCC1C2CNCC2CN1Cc1cc(Br)ccc1Cl. The van der Waals surface area contributed by atoms with Crippen LogP contribution in [0.15, 0.2) is 22.7 Å². The maximum atomic E-state index is 6.33. The third kappa shape index (κ3) is 2.71. The van der Waals surface area contributed by atoms with Crippen molar-refractivity contribution in [1.82, 2.24) is 10.2 Å². The van der Waals surface area contributed by atoms with Crippen LogP contribution in [0.4, 0.5) is 0 Å². The molecule has 0 radical (unpaired) electrons. The van der Waals surface area contributed by atoms with Crippen molar-refractivity contribution in [2.75, 3.05) is 19.6 Å². The van der Waals surface area contributed by atoms with Crippen molar-refractivity contribution in [3.63, 3.8) is 0 Å². The number of hydrogen-bond acceptors (Lipinski definition) is 2. The van der Waals surface area contributed by atoms with Crippen molar-refractivity contribution in [3.8, 4) is 0 Å². The number of nitrogens with zero attached hydrogens (tertiary/aromatic N) is 1. The molecule has 2 nitrogen and oxygen atoms in total. The van der Waals surface area contributed by atoms with Crippen molar-refractivity contribution >= 4 is 27.5 Å². The van der Waals surface area contributed by atoms with E-state index in [1.54, 1.807) is 0 Å². The minimum absolute atomic E-state index is 0.704. The fourth-order valence-corrected chi connectivity index (χ4v) is 4.32. The highest BCUT2D eigenvalue weighted by Crippen LogP contribution is 2.36. The molecule has 0 bridgehead atoms. The second-order valence-electron chi connectivity index (χ2n) is 5.72. The van der Waals surface area contributed by atoms with E-state index in [2.05, 4.69) is 39.1 Å². The summed E-state index contributed by atoms with van der Waals surface area (Å²) in [6.45, 7) is 6.86. The van der Waals surface area contributed by atoms with Gasteiger partial charge in [-0.05, 0) is 55.1 Å². The van der Waals surface area contributed by atoms with E-state index in [1.807, 2.05) is 12.1 Å². The van der Waals surface area contributed by atoms with Crippen molar-refractivity contribution in [1.29, 1.82) is 0 Å². The summed E-state index contributed by atoms with van der Waals surface area (Å²) < 4.78 is 1.11. The lowest BCUT2D eigenvalue weighted by Crippen LogP contribution is -2.34. The lowest BCUT2D eigenvalue weighted by molar-refractivity contribution is 0.210. The van der Waals surface area contributed by atoms with Crippen molar-refractivity contribution < 1.29 is 0 Å². The Balaban J connectivity index is 1.77. The van der Waals surface area contributed by atoms with Crippen LogP contribution in [0.2, 0.25) is 5.02 Å². The van der Waals surface area contributed by atoms with E-state index in [9.17, 15) is 0 Å². The number of fused-ring (bicyclic) bond motifs is 1. The van der Waals surface area contributed by atoms with Gasteiger partial charge in [-0.15, -0.1) is 0 Å². The van der Waals surface area contributed by atoms with Gasteiger partial charge in [-0.2, -0.15) is 0 Å². The Kier molecular flexibility index (Phi) is 4.18. The zero-order valence-electron chi connectivity index (χ0n) is 11.2. The number of likely N-dealkylation sites (tertiary alicyclic amines) is 1. The van der Waals surface area contributed by atoms with Gasteiger partial charge in [0.1, 0.15) is 0 Å². The molecule has 2 heterocycles. The fraction of sp³-hybridized carbons (Fsp3) is 0.600.